The highest BCUT2D eigenvalue weighted by Gasteiger charge is 2.16. The number of amides is 1. The van der Waals surface area contributed by atoms with E-state index in [-0.39, 0.29) is 5.91 Å². The molecule has 1 aromatic carbocycles. The molecule has 3 aromatic rings. The zero-order valence-corrected chi connectivity index (χ0v) is 12.7. The molecule has 2 N–H and O–H groups in total. The minimum Gasteiger partial charge on any atom is -0.333 e. The molecular formula is C18H18N4O. The lowest BCUT2D eigenvalue weighted by Crippen LogP contribution is -2.35. The molecule has 2 aromatic heterocycles. The number of benzene rings is 1. The molecule has 5 nitrogen and oxygen atoms in total. The summed E-state index contributed by atoms with van der Waals surface area (Å²) in [5, 5.41) is 0.853. The average molecular weight is 306 g/mol. The Bertz CT molecular complexity index is 804. The van der Waals surface area contributed by atoms with Crippen LogP contribution in [0.3, 0.4) is 0 Å². The molecule has 0 aliphatic heterocycles. The van der Waals surface area contributed by atoms with Crippen molar-refractivity contribution in [2.75, 3.05) is 13.1 Å². The smallest absolute Gasteiger partial charge is 0.255 e. The first kappa shape index (κ1) is 15.1. The SMILES string of the molecule is NCCN(Cc1ccccc1)C(=O)c1cnc2ncccc2c1. The molecule has 0 bridgehead atoms. The van der Waals surface area contributed by atoms with Gasteiger partial charge in [-0.15, -0.1) is 0 Å². The quantitative estimate of drug-likeness (QED) is 0.784. The Morgan fingerprint density at radius 2 is 1.91 bits per heavy atom. The molecule has 0 saturated carbocycles. The third-order valence-electron chi connectivity index (χ3n) is 3.60. The Morgan fingerprint density at radius 3 is 2.70 bits per heavy atom. The van der Waals surface area contributed by atoms with Gasteiger partial charge in [0.25, 0.3) is 5.91 Å². The normalized spacial score (nSPS) is 10.7. The first-order valence-electron chi connectivity index (χ1n) is 7.52. The van der Waals surface area contributed by atoms with Crippen LogP contribution in [0.4, 0.5) is 0 Å². The van der Waals surface area contributed by atoms with E-state index in [9.17, 15) is 4.79 Å². The third-order valence-corrected chi connectivity index (χ3v) is 3.60. The molecule has 0 aliphatic carbocycles. The molecule has 3 rings (SSSR count). The lowest BCUT2D eigenvalue weighted by molar-refractivity contribution is 0.0748. The number of rotatable bonds is 5. The Morgan fingerprint density at radius 1 is 1.09 bits per heavy atom. The highest BCUT2D eigenvalue weighted by Crippen LogP contribution is 2.14. The van der Waals surface area contributed by atoms with Crippen LogP contribution >= 0.6 is 0 Å². The van der Waals surface area contributed by atoms with Gasteiger partial charge < -0.3 is 10.6 Å². The Kier molecular flexibility index (Phi) is 4.59. The van der Waals surface area contributed by atoms with Gasteiger partial charge in [-0.05, 0) is 23.8 Å². The summed E-state index contributed by atoms with van der Waals surface area (Å²) in [6.07, 6.45) is 3.26. The predicted octanol–water partition coefficient (Wildman–Crippen LogP) is 2.23. The zero-order valence-electron chi connectivity index (χ0n) is 12.7. The van der Waals surface area contributed by atoms with Gasteiger partial charge in [-0.3, -0.25) is 4.79 Å². The van der Waals surface area contributed by atoms with E-state index in [1.54, 1.807) is 17.3 Å². The number of carbonyl (C=O) groups is 1. The van der Waals surface area contributed by atoms with Crippen LogP contribution in [0.1, 0.15) is 15.9 Å². The first-order chi connectivity index (χ1) is 11.3. The molecule has 23 heavy (non-hydrogen) atoms. The largest absolute Gasteiger partial charge is 0.333 e. The van der Waals surface area contributed by atoms with Crippen molar-refractivity contribution in [2.45, 2.75) is 6.54 Å². The van der Waals surface area contributed by atoms with Gasteiger partial charge in [0.15, 0.2) is 5.65 Å². The van der Waals surface area contributed by atoms with Crippen molar-refractivity contribution >= 4 is 16.9 Å². The molecule has 2 heterocycles. The Labute approximate surface area is 134 Å². The average Bonchev–Trinajstić information content (AvgIpc) is 2.61. The van der Waals surface area contributed by atoms with Gasteiger partial charge in [-0.2, -0.15) is 0 Å². The molecule has 0 atom stereocenters. The van der Waals surface area contributed by atoms with Gasteiger partial charge >= 0.3 is 0 Å². The standard InChI is InChI=1S/C18H18N4O/c19-8-10-22(13-14-5-2-1-3-6-14)18(23)16-11-15-7-4-9-20-17(15)21-12-16/h1-7,9,11-12H,8,10,13,19H2. The monoisotopic (exact) mass is 306 g/mol. The summed E-state index contributed by atoms with van der Waals surface area (Å²) in [5.41, 5.74) is 7.93. The van der Waals surface area contributed by atoms with E-state index in [2.05, 4.69) is 9.97 Å². The molecule has 0 unspecified atom stereocenters. The minimum absolute atomic E-state index is 0.0717. The second-order valence-electron chi connectivity index (χ2n) is 5.28. The maximum absolute atomic E-state index is 12.8. The maximum atomic E-state index is 12.8. The summed E-state index contributed by atoms with van der Waals surface area (Å²) in [5.74, 6) is -0.0717. The van der Waals surface area contributed by atoms with Crippen LogP contribution in [0.5, 0.6) is 0 Å². The fraction of sp³-hybridized carbons (Fsp3) is 0.167. The number of nitrogens with two attached hydrogens (primary N) is 1. The second kappa shape index (κ2) is 6.98. The molecule has 0 spiro atoms. The minimum atomic E-state index is -0.0717. The highest BCUT2D eigenvalue weighted by atomic mass is 16.2. The van der Waals surface area contributed by atoms with Crippen molar-refractivity contribution in [3.8, 4) is 0 Å². The van der Waals surface area contributed by atoms with E-state index in [1.807, 2.05) is 48.5 Å². The summed E-state index contributed by atoms with van der Waals surface area (Å²) in [6, 6.07) is 15.4. The van der Waals surface area contributed by atoms with Crippen LogP contribution in [-0.2, 0) is 6.54 Å². The summed E-state index contributed by atoms with van der Waals surface area (Å²) in [6.45, 7) is 1.45. The number of carbonyl (C=O) groups excluding carboxylic acids is 1. The lowest BCUT2D eigenvalue weighted by Gasteiger charge is -2.22. The van der Waals surface area contributed by atoms with Crippen molar-refractivity contribution in [2.24, 2.45) is 5.73 Å². The van der Waals surface area contributed by atoms with Crippen LogP contribution < -0.4 is 5.73 Å². The van der Waals surface area contributed by atoms with E-state index in [4.69, 9.17) is 5.73 Å². The van der Waals surface area contributed by atoms with Crippen LogP contribution in [0, 0.1) is 0 Å². The number of pyridine rings is 2. The van der Waals surface area contributed by atoms with Crippen molar-refractivity contribution in [1.82, 2.24) is 14.9 Å². The van der Waals surface area contributed by atoms with Crippen LogP contribution in [0.15, 0.2) is 60.9 Å². The summed E-state index contributed by atoms with van der Waals surface area (Å²) >= 11 is 0. The first-order valence-corrected chi connectivity index (χ1v) is 7.52. The van der Waals surface area contributed by atoms with Gasteiger partial charge in [-0.1, -0.05) is 30.3 Å². The fourth-order valence-corrected chi connectivity index (χ4v) is 2.48. The molecule has 5 heteroatoms. The van der Waals surface area contributed by atoms with E-state index in [0.717, 1.165) is 10.9 Å². The van der Waals surface area contributed by atoms with E-state index < -0.39 is 0 Å². The number of fused-ring (bicyclic) bond motifs is 1. The number of aromatic nitrogens is 2. The molecule has 0 radical (unpaired) electrons. The third kappa shape index (κ3) is 3.52. The van der Waals surface area contributed by atoms with Crippen molar-refractivity contribution in [3.05, 3.63) is 72.1 Å². The zero-order chi connectivity index (χ0) is 16.1. The van der Waals surface area contributed by atoms with E-state index in [0.29, 0.717) is 30.8 Å². The summed E-state index contributed by atoms with van der Waals surface area (Å²) in [7, 11) is 0. The fourth-order valence-electron chi connectivity index (χ4n) is 2.48. The molecule has 0 fully saturated rings. The lowest BCUT2D eigenvalue weighted by atomic mass is 10.1. The Balaban J connectivity index is 1.87. The highest BCUT2D eigenvalue weighted by molar-refractivity contribution is 5.96. The van der Waals surface area contributed by atoms with Crippen LogP contribution in [0.25, 0.3) is 11.0 Å². The number of hydrogen-bond donors (Lipinski definition) is 1. The van der Waals surface area contributed by atoms with Crippen molar-refractivity contribution in [3.63, 3.8) is 0 Å². The second-order valence-corrected chi connectivity index (χ2v) is 5.28. The van der Waals surface area contributed by atoms with Crippen LogP contribution in [0.2, 0.25) is 0 Å². The molecule has 1 amide bonds. The Hall–Kier alpha value is -2.79. The summed E-state index contributed by atoms with van der Waals surface area (Å²) in [4.78, 5) is 23.0. The van der Waals surface area contributed by atoms with Gasteiger partial charge in [-0.25, -0.2) is 9.97 Å². The van der Waals surface area contributed by atoms with E-state index >= 15 is 0 Å². The molecule has 0 aliphatic rings. The van der Waals surface area contributed by atoms with Gasteiger partial charge in [0.1, 0.15) is 0 Å². The van der Waals surface area contributed by atoms with Crippen molar-refractivity contribution < 1.29 is 4.79 Å². The number of nitrogens with zero attached hydrogens (tertiary/aromatic N) is 3. The summed E-state index contributed by atoms with van der Waals surface area (Å²) < 4.78 is 0. The molecule has 0 saturated heterocycles. The predicted molar refractivity (Wildman–Crippen MR) is 89.8 cm³/mol. The topological polar surface area (TPSA) is 72.1 Å². The van der Waals surface area contributed by atoms with Gasteiger partial charge in [0.05, 0.1) is 5.56 Å². The van der Waals surface area contributed by atoms with Gasteiger partial charge in [0.2, 0.25) is 0 Å². The number of hydrogen-bond acceptors (Lipinski definition) is 4. The molecule has 116 valence electrons. The van der Waals surface area contributed by atoms with Gasteiger partial charge in [0, 0.05) is 37.4 Å². The maximum Gasteiger partial charge on any atom is 0.255 e. The van der Waals surface area contributed by atoms with E-state index in [1.165, 1.54) is 0 Å². The molecular weight excluding hydrogens is 288 g/mol. The van der Waals surface area contributed by atoms with Crippen LogP contribution in [-0.4, -0.2) is 33.9 Å². The van der Waals surface area contributed by atoms with Crippen molar-refractivity contribution in [1.29, 1.82) is 0 Å².